The fraction of sp³-hybridized carbons (Fsp3) is 0.941. The molecule has 0 spiro atoms. The predicted molar refractivity (Wildman–Crippen MR) is 78.6 cm³/mol. The Morgan fingerprint density at radius 2 is 1.76 bits per heavy atom. The minimum atomic E-state index is -0.836. The van der Waals surface area contributed by atoms with Crippen LogP contribution in [-0.4, -0.2) is 36.4 Å². The molecule has 2 N–H and O–H groups in total. The molecule has 0 aromatic rings. The van der Waals surface area contributed by atoms with E-state index < -0.39 is 5.60 Å². The highest BCUT2D eigenvalue weighted by molar-refractivity contribution is 5.76. The van der Waals surface area contributed by atoms with Crippen molar-refractivity contribution < 1.29 is 14.6 Å². The van der Waals surface area contributed by atoms with E-state index in [-0.39, 0.29) is 11.3 Å². The number of carbonyl (C=O) groups excluding carboxylic acids is 1. The maximum absolute atomic E-state index is 12.4. The van der Waals surface area contributed by atoms with Gasteiger partial charge in [-0.25, -0.2) is 0 Å². The van der Waals surface area contributed by atoms with E-state index >= 15 is 0 Å². The molecule has 4 nitrogen and oxygen atoms in total. The highest BCUT2D eigenvalue weighted by atomic mass is 16.5. The molecule has 1 amide bonds. The first kappa shape index (κ1) is 14.0. The minimum Gasteiger partial charge on any atom is -0.386 e. The van der Waals surface area contributed by atoms with Crippen molar-refractivity contribution in [2.75, 3.05) is 19.8 Å². The molecule has 1 aliphatic heterocycles. The van der Waals surface area contributed by atoms with Crippen molar-refractivity contribution in [3.05, 3.63) is 0 Å². The zero-order valence-electron chi connectivity index (χ0n) is 12.8. The van der Waals surface area contributed by atoms with Gasteiger partial charge in [0.2, 0.25) is 5.91 Å². The summed E-state index contributed by atoms with van der Waals surface area (Å²) in [6, 6.07) is 0. The molecule has 4 saturated carbocycles. The fourth-order valence-electron chi connectivity index (χ4n) is 5.91. The monoisotopic (exact) mass is 293 g/mol. The van der Waals surface area contributed by atoms with Crippen LogP contribution in [0.2, 0.25) is 0 Å². The Labute approximate surface area is 126 Å². The van der Waals surface area contributed by atoms with Crippen molar-refractivity contribution in [3.63, 3.8) is 0 Å². The number of nitrogens with one attached hydrogen (secondary N) is 1. The Kier molecular flexibility index (Phi) is 3.30. The van der Waals surface area contributed by atoms with E-state index in [0.29, 0.717) is 32.6 Å². The van der Waals surface area contributed by atoms with Crippen molar-refractivity contribution in [2.24, 2.45) is 23.2 Å². The van der Waals surface area contributed by atoms with Gasteiger partial charge in [-0.2, -0.15) is 0 Å². The maximum Gasteiger partial charge on any atom is 0.220 e. The molecule has 5 rings (SSSR count). The number of carbonyl (C=O) groups is 1. The lowest BCUT2D eigenvalue weighted by Crippen LogP contribution is -2.49. The van der Waals surface area contributed by atoms with Gasteiger partial charge in [-0.15, -0.1) is 0 Å². The number of aliphatic hydroxyl groups is 1. The summed E-state index contributed by atoms with van der Waals surface area (Å²) < 4.78 is 5.23. The zero-order valence-corrected chi connectivity index (χ0v) is 12.8. The molecule has 118 valence electrons. The molecular formula is C17H27NO3. The summed E-state index contributed by atoms with van der Waals surface area (Å²) in [6.07, 6.45) is 9.34. The van der Waals surface area contributed by atoms with Crippen molar-refractivity contribution in [2.45, 2.75) is 57.0 Å². The number of rotatable bonds is 4. The summed E-state index contributed by atoms with van der Waals surface area (Å²) in [7, 11) is 0. The Hall–Kier alpha value is -0.610. The van der Waals surface area contributed by atoms with Crippen LogP contribution in [0.25, 0.3) is 0 Å². The van der Waals surface area contributed by atoms with Crippen LogP contribution in [0, 0.1) is 23.2 Å². The van der Waals surface area contributed by atoms with E-state index in [1.54, 1.807) is 0 Å². The smallest absolute Gasteiger partial charge is 0.220 e. The molecule has 4 heteroatoms. The molecule has 5 aliphatic rings. The molecule has 21 heavy (non-hydrogen) atoms. The number of ether oxygens (including phenoxy) is 1. The average molecular weight is 293 g/mol. The molecular weight excluding hydrogens is 266 g/mol. The lowest BCUT2D eigenvalue weighted by Gasteiger charge is -2.56. The fourth-order valence-corrected chi connectivity index (χ4v) is 5.91. The Morgan fingerprint density at radius 1 is 1.14 bits per heavy atom. The van der Waals surface area contributed by atoms with Gasteiger partial charge in [0.1, 0.15) is 5.60 Å². The first-order chi connectivity index (χ1) is 10.0. The minimum absolute atomic E-state index is 0.136. The van der Waals surface area contributed by atoms with Crippen molar-refractivity contribution in [1.29, 1.82) is 0 Å². The Morgan fingerprint density at radius 3 is 2.29 bits per heavy atom. The van der Waals surface area contributed by atoms with Crippen LogP contribution in [0.15, 0.2) is 0 Å². The molecule has 0 aromatic carbocycles. The summed E-state index contributed by atoms with van der Waals surface area (Å²) >= 11 is 0. The second-order valence-corrected chi connectivity index (χ2v) is 8.40. The van der Waals surface area contributed by atoms with Crippen LogP contribution in [0.4, 0.5) is 0 Å². The van der Waals surface area contributed by atoms with Crippen molar-refractivity contribution >= 4 is 5.91 Å². The SMILES string of the molecule is O=C(CC12CC3CC(CC(C3)C1)C2)NCC1(O)CCOC1. The third-order valence-corrected chi connectivity index (χ3v) is 6.40. The summed E-state index contributed by atoms with van der Waals surface area (Å²) in [5.41, 5.74) is -0.551. The average Bonchev–Trinajstić information content (AvgIpc) is 2.82. The van der Waals surface area contributed by atoms with Gasteiger partial charge < -0.3 is 15.2 Å². The zero-order chi connectivity index (χ0) is 14.5. The van der Waals surface area contributed by atoms with Crippen LogP contribution in [-0.2, 0) is 9.53 Å². The van der Waals surface area contributed by atoms with Crippen molar-refractivity contribution in [3.8, 4) is 0 Å². The topological polar surface area (TPSA) is 58.6 Å². The Bertz CT molecular complexity index is 392. The first-order valence-electron chi connectivity index (χ1n) is 8.61. The van der Waals surface area contributed by atoms with Gasteiger partial charge in [0, 0.05) is 26.0 Å². The molecule has 4 aliphatic carbocycles. The molecule has 1 saturated heterocycles. The molecule has 5 fully saturated rings. The normalized spacial score (nSPS) is 47.8. The molecule has 4 bridgehead atoms. The summed E-state index contributed by atoms with van der Waals surface area (Å²) in [5, 5.41) is 13.2. The largest absolute Gasteiger partial charge is 0.386 e. The van der Waals surface area contributed by atoms with Gasteiger partial charge in [0.05, 0.1) is 6.61 Å². The van der Waals surface area contributed by atoms with E-state index in [2.05, 4.69) is 5.32 Å². The van der Waals surface area contributed by atoms with E-state index in [1.165, 1.54) is 38.5 Å². The van der Waals surface area contributed by atoms with Crippen LogP contribution < -0.4 is 5.32 Å². The third-order valence-electron chi connectivity index (χ3n) is 6.40. The number of hydrogen-bond acceptors (Lipinski definition) is 3. The third kappa shape index (κ3) is 2.72. The second kappa shape index (κ2) is 4.95. The quantitative estimate of drug-likeness (QED) is 0.832. The number of hydrogen-bond donors (Lipinski definition) is 2. The van der Waals surface area contributed by atoms with Gasteiger partial charge in [-0.1, -0.05) is 0 Å². The lowest BCUT2D eigenvalue weighted by atomic mass is 9.49. The van der Waals surface area contributed by atoms with Gasteiger partial charge in [0.15, 0.2) is 0 Å². The molecule has 1 unspecified atom stereocenters. The van der Waals surface area contributed by atoms with Crippen LogP contribution in [0.5, 0.6) is 0 Å². The molecule has 0 radical (unpaired) electrons. The summed E-state index contributed by atoms with van der Waals surface area (Å²) in [6.45, 7) is 1.30. The first-order valence-corrected chi connectivity index (χ1v) is 8.61. The Balaban J connectivity index is 1.34. The van der Waals surface area contributed by atoms with E-state index in [9.17, 15) is 9.90 Å². The number of amides is 1. The van der Waals surface area contributed by atoms with E-state index in [0.717, 1.165) is 17.8 Å². The predicted octanol–water partition coefficient (Wildman–Crippen LogP) is 1.86. The van der Waals surface area contributed by atoms with Gasteiger partial charge in [-0.3, -0.25) is 4.79 Å². The van der Waals surface area contributed by atoms with Crippen LogP contribution >= 0.6 is 0 Å². The van der Waals surface area contributed by atoms with E-state index in [1.807, 2.05) is 0 Å². The lowest BCUT2D eigenvalue weighted by molar-refractivity contribution is -0.130. The highest BCUT2D eigenvalue weighted by Crippen LogP contribution is 2.61. The van der Waals surface area contributed by atoms with Crippen LogP contribution in [0.1, 0.15) is 51.4 Å². The van der Waals surface area contributed by atoms with Crippen LogP contribution in [0.3, 0.4) is 0 Å². The standard InChI is InChI=1S/C17H27NO3/c19-15(18-10-17(20)1-2-21-11-17)9-16-6-12-3-13(7-16)5-14(4-12)8-16/h12-14,20H,1-11H2,(H,18,19). The highest BCUT2D eigenvalue weighted by Gasteiger charge is 2.51. The summed E-state index contributed by atoms with van der Waals surface area (Å²) in [5.74, 6) is 2.79. The molecule has 1 heterocycles. The maximum atomic E-state index is 12.4. The van der Waals surface area contributed by atoms with Crippen molar-refractivity contribution in [1.82, 2.24) is 5.32 Å². The molecule has 0 aromatic heterocycles. The second-order valence-electron chi connectivity index (χ2n) is 8.40. The molecule has 1 atom stereocenters. The van der Waals surface area contributed by atoms with Gasteiger partial charge in [-0.05, 0) is 61.7 Å². The van der Waals surface area contributed by atoms with Gasteiger partial charge >= 0.3 is 0 Å². The van der Waals surface area contributed by atoms with E-state index in [4.69, 9.17) is 4.74 Å². The van der Waals surface area contributed by atoms with Gasteiger partial charge in [0.25, 0.3) is 0 Å². The summed E-state index contributed by atoms with van der Waals surface area (Å²) in [4.78, 5) is 12.4.